The summed E-state index contributed by atoms with van der Waals surface area (Å²) in [7, 11) is 0. The van der Waals surface area contributed by atoms with Crippen molar-refractivity contribution in [1.82, 2.24) is 9.88 Å². The quantitative estimate of drug-likeness (QED) is 0.774. The second kappa shape index (κ2) is 4.44. The monoisotopic (exact) mass is 244 g/mol. The van der Waals surface area contributed by atoms with Crippen LogP contribution in [0.2, 0.25) is 0 Å². The summed E-state index contributed by atoms with van der Waals surface area (Å²) in [6.45, 7) is 3.95. The Hall–Kier alpha value is -1.84. The molecule has 2 aromatic rings. The Balaban J connectivity index is 1.82. The highest BCUT2D eigenvalue weighted by Crippen LogP contribution is 2.20. The lowest BCUT2D eigenvalue weighted by molar-refractivity contribution is 0.0697. The summed E-state index contributed by atoms with van der Waals surface area (Å²) in [5.41, 5.74) is 2.15. The first kappa shape index (κ1) is 11.3. The molecular formula is C14H16N2O2. The molecule has 94 valence electrons. The van der Waals surface area contributed by atoms with E-state index >= 15 is 0 Å². The minimum absolute atomic E-state index is 0.0974. The average molecular weight is 244 g/mol. The van der Waals surface area contributed by atoms with E-state index in [2.05, 4.69) is 11.9 Å². The molecule has 0 radical (unpaired) electrons. The van der Waals surface area contributed by atoms with E-state index in [0.29, 0.717) is 11.1 Å². The van der Waals surface area contributed by atoms with E-state index in [1.807, 2.05) is 17.0 Å². The normalized spacial score (nSPS) is 17.3. The fourth-order valence-electron chi connectivity index (χ4n) is 2.38. The van der Waals surface area contributed by atoms with Crippen LogP contribution >= 0.6 is 0 Å². The van der Waals surface area contributed by atoms with Gasteiger partial charge in [0.05, 0.1) is 0 Å². The maximum Gasteiger partial charge on any atom is 0.253 e. The van der Waals surface area contributed by atoms with Crippen molar-refractivity contribution >= 4 is 17.0 Å². The van der Waals surface area contributed by atoms with Gasteiger partial charge in [0.15, 0.2) is 12.0 Å². The fourth-order valence-corrected chi connectivity index (χ4v) is 2.38. The number of hydrogen-bond donors (Lipinski definition) is 0. The van der Waals surface area contributed by atoms with Crippen LogP contribution in [-0.2, 0) is 0 Å². The average Bonchev–Trinajstić information content (AvgIpc) is 2.86. The molecule has 2 heterocycles. The molecule has 1 aromatic carbocycles. The van der Waals surface area contributed by atoms with Crippen LogP contribution in [0.3, 0.4) is 0 Å². The summed E-state index contributed by atoms with van der Waals surface area (Å²) in [6.07, 6.45) is 3.59. The summed E-state index contributed by atoms with van der Waals surface area (Å²) in [5.74, 6) is 0.825. The van der Waals surface area contributed by atoms with Crippen LogP contribution in [0.4, 0.5) is 0 Å². The van der Waals surface area contributed by atoms with Gasteiger partial charge in [0, 0.05) is 18.7 Å². The zero-order valence-corrected chi connectivity index (χ0v) is 10.4. The minimum Gasteiger partial charge on any atom is -0.443 e. The lowest BCUT2D eigenvalue weighted by Crippen LogP contribution is -2.37. The topological polar surface area (TPSA) is 46.3 Å². The molecule has 0 saturated carbocycles. The number of amides is 1. The molecule has 1 aliphatic rings. The standard InChI is InChI=1S/C14H16N2O2/c1-10-4-6-16(7-5-10)14(17)11-2-3-12-13(8-11)18-9-15-12/h2-3,8-10H,4-7H2,1H3. The molecule has 1 saturated heterocycles. The van der Waals surface area contributed by atoms with Gasteiger partial charge in [-0.3, -0.25) is 4.79 Å². The number of benzene rings is 1. The Morgan fingerprint density at radius 2 is 2.17 bits per heavy atom. The Morgan fingerprint density at radius 3 is 2.94 bits per heavy atom. The predicted octanol–water partition coefficient (Wildman–Crippen LogP) is 2.70. The summed E-state index contributed by atoms with van der Waals surface area (Å²) < 4.78 is 5.23. The highest BCUT2D eigenvalue weighted by Gasteiger charge is 2.21. The van der Waals surface area contributed by atoms with Crippen molar-refractivity contribution in [2.45, 2.75) is 19.8 Å². The number of piperidine rings is 1. The van der Waals surface area contributed by atoms with Crippen molar-refractivity contribution in [2.75, 3.05) is 13.1 Å². The molecule has 1 aromatic heterocycles. The second-order valence-corrected chi connectivity index (χ2v) is 5.01. The van der Waals surface area contributed by atoms with Gasteiger partial charge >= 0.3 is 0 Å². The first-order valence-electron chi connectivity index (χ1n) is 6.36. The number of carbonyl (C=O) groups is 1. The van der Waals surface area contributed by atoms with E-state index < -0.39 is 0 Å². The van der Waals surface area contributed by atoms with Crippen LogP contribution in [-0.4, -0.2) is 28.9 Å². The molecule has 4 heteroatoms. The molecule has 0 bridgehead atoms. The maximum atomic E-state index is 12.3. The molecule has 3 rings (SSSR count). The van der Waals surface area contributed by atoms with Gasteiger partial charge in [0.2, 0.25) is 0 Å². The molecule has 18 heavy (non-hydrogen) atoms. The summed E-state index contributed by atoms with van der Waals surface area (Å²) in [6, 6.07) is 5.44. The van der Waals surface area contributed by atoms with Crippen molar-refractivity contribution in [2.24, 2.45) is 5.92 Å². The fraction of sp³-hybridized carbons (Fsp3) is 0.429. The van der Waals surface area contributed by atoms with Gasteiger partial charge in [-0.2, -0.15) is 0 Å². The Bertz CT molecular complexity index is 568. The first-order valence-corrected chi connectivity index (χ1v) is 6.36. The lowest BCUT2D eigenvalue weighted by atomic mass is 9.98. The number of carbonyl (C=O) groups excluding carboxylic acids is 1. The number of rotatable bonds is 1. The number of hydrogen-bond acceptors (Lipinski definition) is 3. The summed E-state index contributed by atoms with van der Waals surface area (Å²) in [4.78, 5) is 18.3. The molecule has 0 spiro atoms. The summed E-state index contributed by atoms with van der Waals surface area (Å²) >= 11 is 0. The molecule has 1 fully saturated rings. The summed E-state index contributed by atoms with van der Waals surface area (Å²) in [5, 5.41) is 0. The SMILES string of the molecule is CC1CCN(C(=O)c2ccc3ncoc3c2)CC1. The molecule has 0 aliphatic carbocycles. The second-order valence-electron chi connectivity index (χ2n) is 5.01. The Morgan fingerprint density at radius 1 is 1.39 bits per heavy atom. The highest BCUT2D eigenvalue weighted by atomic mass is 16.3. The zero-order chi connectivity index (χ0) is 12.5. The van der Waals surface area contributed by atoms with Crippen LogP contribution in [0.1, 0.15) is 30.1 Å². The molecule has 0 unspecified atom stereocenters. The predicted molar refractivity (Wildman–Crippen MR) is 68.3 cm³/mol. The lowest BCUT2D eigenvalue weighted by Gasteiger charge is -2.30. The third-order valence-corrected chi connectivity index (χ3v) is 3.65. The number of fused-ring (bicyclic) bond motifs is 1. The van der Waals surface area contributed by atoms with Gasteiger partial charge in [-0.25, -0.2) is 4.98 Å². The number of nitrogens with zero attached hydrogens (tertiary/aromatic N) is 2. The zero-order valence-electron chi connectivity index (χ0n) is 10.4. The van der Waals surface area contributed by atoms with Gasteiger partial charge < -0.3 is 9.32 Å². The van der Waals surface area contributed by atoms with E-state index in [4.69, 9.17) is 4.42 Å². The smallest absolute Gasteiger partial charge is 0.253 e. The first-order chi connectivity index (χ1) is 8.74. The molecule has 4 nitrogen and oxygen atoms in total. The van der Waals surface area contributed by atoms with Gasteiger partial charge in [-0.1, -0.05) is 6.92 Å². The third-order valence-electron chi connectivity index (χ3n) is 3.65. The van der Waals surface area contributed by atoms with Crippen LogP contribution in [0, 0.1) is 5.92 Å². The van der Waals surface area contributed by atoms with Gasteiger partial charge in [0.1, 0.15) is 5.52 Å². The van der Waals surface area contributed by atoms with E-state index in [1.54, 1.807) is 6.07 Å². The van der Waals surface area contributed by atoms with E-state index in [1.165, 1.54) is 6.39 Å². The van der Waals surface area contributed by atoms with E-state index in [-0.39, 0.29) is 5.91 Å². The van der Waals surface area contributed by atoms with Crippen molar-refractivity contribution in [3.8, 4) is 0 Å². The van der Waals surface area contributed by atoms with Crippen molar-refractivity contribution in [3.63, 3.8) is 0 Å². The molecule has 1 aliphatic heterocycles. The largest absolute Gasteiger partial charge is 0.443 e. The van der Waals surface area contributed by atoms with Crippen LogP contribution in [0.25, 0.3) is 11.1 Å². The van der Waals surface area contributed by atoms with Gasteiger partial charge in [-0.05, 0) is 37.0 Å². The molecular weight excluding hydrogens is 228 g/mol. The minimum atomic E-state index is 0.0974. The number of oxazole rings is 1. The van der Waals surface area contributed by atoms with Crippen molar-refractivity contribution in [1.29, 1.82) is 0 Å². The van der Waals surface area contributed by atoms with Crippen molar-refractivity contribution < 1.29 is 9.21 Å². The van der Waals surface area contributed by atoms with Crippen LogP contribution in [0.15, 0.2) is 29.0 Å². The Kier molecular flexibility index (Phi) is 2.78. The number of aromatic nitrogens is 1. The molecule has 1 amide bonds. The number of likely N-dealkylation sites (tertiary alicyclic amines) is 1. The molecule has 0 atom stereocenters. The van der Waals surface area contributed by atoms with Gasteiger partial charge in [0.25, 0.3) is 5.91 Å². The molecule has 0 N–H and O–H groups in total. The van der Waals surface area contributed by atoms with E-state index in [9.17, 15) is 4.79 Å². The maximum absolute atomic E-state index is 12.3. The third kappa shape index (κ3) is 1.98. The van der Waals surface area contributed by atoms with Crippen LogP contribution < -0.4 is 0 Å². The highest BCUT2D eigenvalue weighted by molar-refractivity contribution is 5.97. The van der Waals surface area contributed by atoms with E-state index in [0.717, 1.165) is 37.4 Å². The van der Waals surface area contributed by atoms with Gasteiger partial charge in [-0.15, -0.1) is 0 Å². The Labute approximate surface area is 106 Å². The van der Waals surface area contributed by atoms with Crippen molar-refractivity contribution in [3.05, 3.63) is 30.2 Å². The van der Waals surface area contributed by atoms with Crippen LogP contribution in [0.5, 0.6) is 0 Å².